The number of aromatic nitrogens is 2. The fourth-order valence-corrected chi connectivity index (χ4v) is 2.78. The molecular weight excluding hydrogens is 367 g/mol. The average Bonchev–Trinajstić information content (AvgIpc) is 3.25. The summed E-state index contributed by atoms with van der Waals surface area (Å²) in [6.07, 6.45) is 2.43. The Kier molecular flexibility index (Phi) is 4.07. The fourth-order valence-electron chi connectivity index (χ4n) is 2.29. The average molecular weight is 384 g/mol. The first-order valence-corrected chi connectivity index (χ1v) is 8.03. The topological polar surface area (TPSA) is 44.1 Å². The fraction of sp³-hybridized carbons (Fsp3) is 0.467. The largest absolute Gasteiger partial charge is 0.374 e. The molecule has 1 aromatic carbocycles. The summed E-state index contributed by atoms with van der Waals surface area (Å²) in [5.41, 5.74) is 0.826. The van der Waals surface area contributed by atoms with Crippen LogP contribution in [0.25, 0.3) is 10.9 Å². The van der Waals surface area contributed by atoms with Gasteiger partial charge in [0.25, 0.3) is 5.56 Å². The van der Waals surface area contributed by atoms with Crippen LogP contribution in [0.1, 0.15) is 25.6 Å². The highest BCUT2D eigenvalue weighted by molar-refractivity contribution is 14.1. The molecule has 0 spiro atoms. The van der Waals surface area contributed by atoms with E-state index in [2.05, 4.69) is 27.6 Å². The summed E-state index contributed by atoms with van der Waals surface area (Å²) < 4.78 is 8.34. The lowest BCUT2D eigenvalue weighted by Gasteiger charge is -2.13. The van der Waals surface area contributed by atoms with Gasteiger partial charge in [0.15, 0.2) is 0 Å². The Hall–Kier alpha value is -0.950. The van der Waals surface area contributed by atoms with Gasteiger partial charge < -0.3 is 4.74 Å². The predicted molar refractivity (Wildman–Crippen MR) is 86.8 cm³/mol. The molecule has 0 bridgehead atoms. The normalized spacial score (nSPS) is 14.9. The summed E-state index contributed by atoms with van der Waals surface area (Å²) in [5.74, 6) is 1.38. The molecule has 0 radical (unpaired) electrons. The lowest BCUT2D eigenvalue weighted by molar-refractivity contribution is 0.124. The molecule has 0 amide bonds. The standard InChI is InChI=1S/C15H17IN2O2/c1-2-20-9-14-17-13-6-5-11(16)7-12(13)15(19)18(14)8-10-3-4-10/h5-7,10H,2-4,8-9H2,1H3. The van der Waals surface area contributed by atoms with E-state index in [4.69, 9.17) is 4.74 Å². The smallest absolute Gasteiger partial charge is 0.261 e. The van der Waals surface area contributed by atoms with Crippen LogP contribution < -0.4 is 5.56 Å². The van der Waals surface area contributed by atoms with Crippen LogP contribution in [0.3, 0.4) is 0 Å². The number of halogens is 1. The van der Waals surface area contributed by atoms with E-state index in [1.54, 1.807) is 0 Å². The van der Waals surface area contributed by atoms with E-state index in [1.807, 2.05) is 29.7 Å². The van der Waals surface area contributed by atoms with Gasteiger partial charge in [0.1, 0.15) is 12.4 Å². The molecule has 20 heavy (non-hydrogen) atoms. The van der Waals surface area contributed by atoms with Crippen LogP contribution in [-0.4, -0.2) is 16.2 Å². The quantitative estimate of drug-likeness (QED) is 0.745. The molecule has 0 aliphatic heterocycles. The van der Waals surface area contributed by atoms with Crippen molar-refractivity contribution >= 4 is 33.5 Å². The molecule has 0 saturated heterocycles. The van der Waals surface area contributed by atoms with Crippen molar-refractivity contribution in [2.45, 2.75) is 32.9 Å². The summed E-state index contributed by atoms with van der Waals surface area (Å²) in [7, 11) is 0. The van der Waals surface area contributed by atoms with Crippen LogP contribution in [0.2, 0.25) is 0 Å². The molecule has 0 N–H and O–H groups in total. The lowest BCUT2D eigenvalue weighted by atomic mass is 10.2. The minimum atomic E-state index is 0.0649. The molecule has 106 valence electrons. The Morgan fingerprint density at radius 2 is 2.25 bits per heavy atom. The molecule has 0 unspecified atom stereocenters. The number of rotatable bonds is 5. The third-order valence-corrected chi connectivity index (χ3v) is 4.24. The van der Waals surface area contributed by atoms with Crippen molar-refractivity contribution in [1.82, 2.24) is 9.55 Å². The van der Waals surface area contributed by atoms with Crippen LogP contribution >= 0.6 is 22.6 Å². The van der Waals surface area contributed by atoms with E-state index >= 15 is 0 Å². The van der Waals surface area contributed by atoms with Gasteiger partial charge in [-0.3, -0.25) is 9.36 Å². The van der Waals surface area contributed by atoms with Crippen molar-refractivity contribution in [3.05, 3.63) is 37.9 Å². The second-order valence-electron chi connectivity index (χ2n) is 5.19. The maximum absolute atomic E-state index is 12.7. The highest BCUT2D eigenvalue weighted by atomic mass is 127. The van der Waals surface area contributed by atoms with Crippen molar-refractivity contribution in [2.75, 3.05) is 6.61 Å². The highest BCUT2D eigenvalue weighted by Crippen LogP contribution is 2.30. The predicted octanol–water partition coefficient (Wildman–Crippen LogP) is 2.95. The van der Waals surface area contributed by atoms with Gasteiger partial charge in [-0.1, -0.05) is 0 Å². The Morgan fingerprint density at radius 3 is 2.95 bits per heavy atom. The minimum Gasteiger partial charge on any atom is -0.374 e. The van der Waals surface area contributed by atoms with Crippen LogP contribution in [-0.2, 0) is 17.9 Å². The maximum Gasteiger partial charge on any atom is 0.261 e. The van der Waals surface area contributed by atoms with E-state index in [0.717, 1.165) is 21.5 Å². The molecule has 1 aliphatic rings. The molecule has 1 saturated carbocycles. The van der Waals surface area contributed by atoms with E-state index in [9.17, 15) is 4.79 Å². The molecule has 3 rings (SSSR count). The SMILES string of the molecule is CCOCc1nc2ccc(I)cc2c(=O)n1CC1CC1. The van der Waals surface area contributed by atoms with E-state index in [0.29, 0.717) is 24.5 Å². The van der Waals surface area contributed by atoms with Crippen molar-refractivity contribution in [2.24, 2.45) is 5.92 Å². The van der Waals surface area contributed by atoms with E-state index in [-0.39, 0.29) is 5.56 Å². The molecule has 1 fully saturated rings. The van der Waals surface area contributed by atoms with Gasteiger partial charge in [0.05, 0.1) is 10.9 Å². The summed E-state index contributed by atoms with van der Waals surface area (Å²) >= 11 is 2.22. The van der Waals surface area contributed by atoms with Gasteiger partial charge in [-0.2, -0.15) is 0 Å². The van der Waals surface area contributed by atoms with Crippen molar-refractivity contribution in [3.63, 3.8) is 0 Å². The number of fused-ring (bicyclic) bond motifs is 1. The molecule has 4 nitrogen and oxygen atoms in total. The monoisotopic (exact) mass is 384 g/mol. The molecular formula is C15H17IN2O2. The lowest BCUT2D eigenvalue weighted by Crippen LogP contribution is -2.26. The first-order chi connectivity index (χ1) is 9.69. The van der Waals surface area contributed by atoms with Crippen molar-refractivity contribution < 1.29 is 4.74 Å². The Balaban J connectivity index is 2.13. The van der Waals surface area contributed by atoms with Crippen LogP contribution in [0, 0.1) is 9.49 Å². The van der Waals surface area contributed by atoms with Gasteiger partial charge in [0, 0.05) is 16.7 Å². The first-order valence-electron chi connectivity index (χ1n) is 6.95. The first kappa shape index (κ1) is 14.0. The van der Waals surface area contributed by atoms with Gasteiger partial charge in [-0.25, -0.2) is 4.98 Å². The van der Waals surface area contributed by atoms with E-state index < -0.39 is 0 Å². The van der Waals surface area contributed by atoms with Gasteiger partial charge in [-0.15, -0.1) is 0 Å². The zero-order valence-corrected chi connectivity index (χ0v) is 13.6. The number of benzene rings is 1. The molecule has 2 aromatic rings. The number of nitrogens with zero attached hydrogens (tertiary/aromatic N) is 2. The summed E-state index contributed by atoms with van der Waals surface area (Å²) in [5, 5.41) is 0.706. The Labute approximate surface area is 131 Å². The van der Waals surface area contributed by atoms with Gasteiger partial charge >= 0.3 is 0 Å². The van der Waals surface area contributed by atoms with Crippen LogP contribution in [0.4, 0.5) is 0 Å². The zero-order chi connectivity index (χ0) is 14.1. The van der Waals surface area contributed by atoms with E-state index in [1.165, 1.54) is 12.8 Å². The van der Waals surface area contributed by atoms with Gasteiger partial charge in [0.2, 0.25) is 0 Å². The third-order valence-electron chi connectivity index (χ3n) is 3.57. The Bertz CT molecular complexity index is 692. The van der Waals surface area contributed by atoms with Crippen molar-refractivity contribution in [3.8, 4) is 0 Å². The third kappa shape index (κ3) is 2.88. The van der Waals surface area contributed by atoms with Crippen LogP contribution in [0.5, 0.6) is 0 Å². The number of hydrogen-bond donors (Lipinski definition) is 0. The maximum atomic E-state index is 12.7. The van der Waals surface area contributed by atoms with Crippen LogP contribution in [0.15, 0.2) is 23.0 Å². The molecule has 5 heteroatoms. The molecule has 0 atom stereocenters. The number of hydrogen-bond acceptors (Lipinski definition) is 3. The highest BCUT2D eigenvalue weighted by Gasteiger charge is 2.24. The second kappa shape index (κ2) is 5.81. The zero-order valence-electron chi connectivity index (χ0n) is 11.4. The number of ether oxygens (including phenoxy) is 1. The minimum absolute atomic E-state index is 0.0649. The summed E-state index contributed by atoms with van der Waals surface area (Å²) in [6, 6.07) is 5.81. The Morgan fingerprint density at radius 1 is 1.45 bits per heavy atom. The molecule has 1 heterocycles. The van der Waals surface area contributed by atoms with Crippen molar-refractivity contribution in [1.29, 1.82) is 0 Å². The summed E-state index contributed by atoms with van der Waals surface area (Å²) in [6.45, 7) is 3.76. The van der Waals surface area contributed by atoms with Gasteiger partial charge in [-0.05, 0) is 66.5 Å². The molecule has 1 aliphatic carbocycles. The summed E-state index contributed by atoms with van der Waals surface area (Å²) in [4.78, 5) is 17.3. The second-order valence-corrected chi connectivity index (χ2v) is 6.43. The molecule has 1 aromatic heterocycles.